The molecular formula is C20H30N2O4. The number of piperidine rings is 1. The van der Waals surface area contributed by atoms with E-state index in [2.05, 4.69) is 17.1 Å². The standard InChI is InChI=1S/C20H30N2O4/c1-2-3-12-25-17-7-5-16(6-8-17)21-19(24)14-22-11-9-18(23)20(15-22)10-4-13-26-20/h5-8,18,23H,2-4,9-15H2,1H3,(H,21,24)/t18-,20-/m0/s1. The summed E-state index contributed by atoms with van der Waals surface area (Å²) >= 11 is 0. The molecule has 1 spiro atoms. The van der Waals surface area contributed by atoms with Gasteiger partial charge in [0, 0.05) is 25.4 Å². The molecule has 0 radical (unpaired) electrons. The van der Waals surface area contributed by atoms with E-state index in [-0.39, 0.29) is 5.91 Å². The lowest BCUT2D eigenvalue weighted by Gasteiger charge is -2.42. The minimum atomic E-state index is -0.476. The molecule has 3 rings (SSSR count). The first kappa shape index (κ1) is 19.1. The van der Waals surface area contributed by atoms with Crippen molar-refractivity contribution in [3.63, 3.8) is 0 Å². The van der Waals surface area contributed by atoms with Gasteiger partial charge in [0.05, 0.1) is 19.3 Å². The molecule has 2 aliphatic rings. The van der Waals surface area contributed by atoms with Gasteiger partial charge in [0.25, 0.3) is 0 Å². The second kappa shape index (κ2) is 8.84. The van der Waals surface area contributed by atoms with Gasteiger partial charge in [0.2, 0.25) is 5.91 Å². The average Bonchev–Trinajstić information content (AvgIpc) is 3.09. The molecular weight excluding hydrogens is 332 g/mol. The summed E-state index contributed by atoms with van der Waals surface area (Å²) in [4.78, 5) is 14.5. The molecule has 1 aromatic carbocycles. The molecule has 2 heterocycles. The number of anilines is 1. The number of amides is 1. The Kier molecular flexibility index (Phi) is 6.51. The summed E-state index contributed by atoms with van der Waals surface area (Å²) in [5.41, 5.74) is 0.289. The zero-order chi connectivity index (χ0) is 18.4. The van der Waals surface area contributed by atoms with Crippen molar-refractivity contribution in [3.8, 4) is 5.75 Å². The molecule has 2 fully saturated rings. The maximum atomic E-state index is 12.4. The van der Waals surface area contributed by atoms with Crippen LogP contribution in [-0.2, 0) is 9.53 Å². The average molecular weight is 362 g/mol. The van der Waals surface area contributed by atoms with Crippen molar-refractivity contribution in [2.75, 3.05) is 38.2 Å². The van der Waals surface area contributed by atoms with Gasteiger partial charge in [-0.3, -0.25) is 9.69 Å². The zero-order valence-corrected chi connectivity index (χ0v) is 15.6. The molecule has 1 aromatic rings. The third-order valence-electron chi connectivity index (χ3n) is 5.22. The van der Waals surface area contributed by atoms with Gasteiger partial charge in [-0.15, -0.1) is 0 Å². The van der Waals surface area contributed by atoms with Crippen LogP contribution in [0, 0.1) is 0 Å². The highest BCUT2D eigenvalue weighted by Crippen LogP contribution is 2.34. The van der Waals surface area contributed by atoms with Crippen LogP contribution in [0.3, 0.4) is 0 Å². The summed E-state index contributed by atoms with van der Waals surface area (Å²) in [6, 6.07) is 7.48. The fourth-order valence-electron chi connectivity index (χ4n) is 3.74. The van der Waals surface area contributed by atoms with Gasteiger partial charge in [0.15, 0.2) is 0 Å². The Morgan fingerprint density at radius 2 is 2.23 bits per heavy atom. The van der Waals surface area contributed by atoms with Crippen molar-refractivity contribution in [1.82, 2.24) is 4.90 Å². The van der Waals surface area contributed by atoms with Crippen LogP contribution in [0.2, 0.25) is 0 Å². The number of hydrogen-bond acceptors (Lipinski definition) is 5. The van der Waals surface area contributed by atoms with E-state index in [9.17, 15) is 9.90 Å². The maximum Gasteiger partial charge on any atom is 0.238 e. The molecule has 26 heavy (non-hydrogen) atoms. The molecule has 2 saturated heterocycles. The number of carbonyl (C=O) groups excluding carboxylic acids is 1. The van der Waals surface area contributed by atoms with E-state index in [1.54, 1.807) is 0 Å². The van der Waals surface area contributed by atoms with Gasteiger partial charge in [-0.25, -0.2) is 0 Å². The zero-order valence-electron chi connectivity index (χ0n) is 15.6. The summed E-state index contributed by atoms with van der Waals surface area (Å²) in [5.74, 6) is 0.774. The molecule has 0 aliphatic carbocycles. The molecule has 2 aliphatic heterocycles. The predicted molar refractivity (Wildman–Crippen MR) is 100 cm³/mol. The number of rotatable bonds is 7. The van der Waals surface area contributed by atoms with Crippen LogP contribution < -0.4 is 10.1 Å². The molecule has 0 bridgehead atoms. The number of hydrogen-bond donors (Lipinski definition) is 2. The molecule has 2 atom stereocenters. The molecule has 0 aromatic heterocycles. The van der Waals surface area contributed by atoms with Crippen LogP contribution in [0.4, 0.5) is 5.69 Å². The number of likely N-dealkylation sites (tertiary alicyclic amines) is 1. The molecule has 6 heteroatoms. The van der Waals surface area contributed by atoms with Gasteiger partial charge in [-0.2, -0.15) is 0 Å². The van der Waals surface area contributed by atoms with Gasteiger partial charge >= 0.3 is 0 Å². The molecule has 0 unspecified atom stereocenters. The minimum absolute atomic E-state index is 0.0470. The lowest BCUT2D eigenvalue weighted by atomic mass is 9.87. The van der Waals surface area contributed by atoms with Crippen molar-refractivity contribution < 1.29 is 19.4 Å². The number of nitrogens with zero attached hydrogens (tertiary/aromatic N) is 1. The van der Waals surface area contributed by atoms with E-state index in [0.717, 1.165) is 37.1 Å². The molecule has 6 nitrogen and oxygen atoms in total. The van der Waals surface area contributed by atoms with Gasteiger partial charge < -0.3 is 19.9 Å². The number of carbonyl (C=O) groups is 1. The third-order valence-corrected chi connectivity index (χ3v) is 5.22. The van der Waals surface area contributed by atoms with Gasteiger partial charge in [0.1, 0.15) is 11.4 Å². The Labute approximate surface area is 155 Å². The molecule has 0 saturated carbocycles. The first-order valence-corrected chi connectivity index (χ1v) is 9.68. The Morgan fingerprint density at radius 1 is 1.42 bits per heavy atom. The smallest absolute Gasteiger partial charge is 0.238 e. The van der Waals surface area contributed by atoms with Crippen molar-refractivity contribution in [1.29, 1.82) is 0 Å². The van der Waals surface area contributed by atoms with E-state index in [0.29, 0.717) is 39.3 Å². The highest BCUT2D eigenvalue weighted by atomic mass is 16.5. The van der Waals surface area contributed by atoms with Crippen LogP contribution in [0.15, 0.2) is 24.3 Å². The molecule has 1 amide bonds. The number of ether oxygens (including phenoxy) is 2. The van der Waals surface area contributed by atoms with Crippen molar-refractivity contribution in [2.45, 2.75) is 50.7 Å². The SMILES string of the molecule is CCCCOc1ccc(NC(=O)CN2CC[C@H](O)[C@]3(CCCO3)C2)cc1. The lowest BCUT2D eigenvalue weighted by Crippen LogP contribution is -2.57. The predicted octanol–water partition coefficient (Wildman–Crippen LogP) is 2.42. The normalized spacial score (nSPS) is 26.2. The Balaban J connectivity index is 1.48. The summed E-state index contributed by atoms with van der Waals surface area (Å²) in [6.45, 7) is 5.19. The largest absolute Gasteiger partial charge is 0.494 e. The first-order chi connectivity index (χ1) is 12.6. The number of benzene rings is 1. The fraction of sp³-hybridized carbons (Fsp3) is 0.650. The summed E-state index contributed by atoms with van der Waals surface area (Å²) in [7, 11) is 0. The second-order valence-electron chi connectivity index (χ2n) is 7.31. The van der Waals surface area contributed by atoms with E-state index in [1.165, 1.54) is 0 Å². The summed E-state index contributed by atoms with van der Waals surface area (Å²) < 4.78 is 11.5. The number of nitrogens with one attached hydrogen (secondary N) is 1. The highest BCUT2D eigenvalue weighted by Gasteiger charge is 2.46. The van der Waals surface area contributed by atoms with Crippen molar-refractivity contribution in [3.05, 3.63) is 24.3 Å². The fourth-order valence-corrected chi connectivity index (χ4v) is 3.74. The van der Waals surface area contributed by atoms with E-state index >= 15 is 0 Å². The molecule has 144 valence electrons. The summed E-state index contributed by atoms with van der Waals surface area (Å²) in [5, 5.41) is 13.2. The number of unbranched alkanes of at least 4 members (excludes halogenated alkanes) is 1. The topological polar surface area (TPSA) is 71.0 Å². The van der Waals surface area contributed by atoms with Crippen LogP contribution >= 0.6 is 0 Å². The third kappa shape index (κ3) is 4.75. The molecule has 2 N–H and O–H groups in total. The van der Waals surface area contributed by atoms with Crippen molar-refractivity contribution >= 4 is 11.6 Å². The highest BCUT2D eigenvalue weighted by molar-refractivity contribution is 5.92. The van der Waals surface area contributed by atoms with E-state index in [4.69, 9.17) is 9.47 Å². The van der Waals surface area contributed by atoms with Crippen LogP contribution in [0.25, 0.3) is 0 Å². The lowest BCUT2D eigenvalue weighted by molar-refractivity contribution is -0.137. The van der Waals surface area contributed by atoms with Crippen LogP contribution in [0.1, 0.15) is 39.0 Å². The quantitative estimate of drug-likeness (QED) is 0.729. The van der Waals surface area contributed by atoms with Gasteiger partial charge in [-0.05, 0) is 49.9 Å². The second-order valence-corrected chi connectivity index (χ2v) is 7.31. The first-order valence-electron chi connectivity index (χ1n) is 9.68. The minimum Gasteiger partial charge on any atom is -0.494 e. The number of aliphatic hydroxyl groups is 1. The maximum absolute atomic E-state index is 12.4. The number of aliphatic hydroxyl groups excluding tert-OH is 1. The Bertz CT molecular complexity index is 584. The Hall–Kier alpha value is -1.63. The van der Waals surface area contributed by atoms with Crippen LogP contribution in [-0.4, -0.2) is 60.5 Å². The van der Waals surface area contributed by atoms with E-state index < -0.39 is 11.7 Å². The van der Waals surface area contributed by atoms with E-state index in [1.807, 2.05) is 24.3 Å². The Morgan fingerprint density at radius 3 is 2.92 bits per heavy atom. The van der Waals surface area contributed by atoms with Crippen LogP contribution in [0.5, 0.6) is 5.75 Å². The monoisotopic (exact) mass is 362 g/mol. The van der Waals surface area contributed by atoms with Gasteiger partial charge in [-0.1, -0.05) is 13.3 Å². The summed E-state index contributed by atoms with van der Waals surface area (Å²) in [6.07, 6.45) is 4.21. The van der Waals surface area contributed by atoms with Crippen molar-refractivity contribution in [2.24, 2.45) is 0 Å².